The molecule has 0 spiro atoms. The van der Waals surface area contributed by atoms with Gasteiger partial charge in [0.2, 0.25) is 0 Å². The monoisotopic (exact) mass is 243 g/mol. The molecule has 0 saturated carbocycles. The quantitative estimate of drug-likeness (QED) is 0.530. The molecule has 0 fully saturated rings. The van der Waals surface area contributed by atoms with Crippen molar-refractivity contribution in [2.24, 2.45) is 0 Å². The van der Waals surface area contributed by atoms with Gasteiger partial charge in [0.15, 0.2) is 4.60 Å². The number of aromatic nitrogens is 3. The molecule has 0 atom stereocenters. The molecule has 0 radical (unpaired) electrons. The molecule has 0 amide bonds. The first-order valence-corrected chi connectivity index (χ1v) is 3.81. The van der Waals surface area contributed by atoms with E-state index in [9.17, 15) is 9.59 Å². The van der Waals surface area contributed by atoms with E-state index in [1.807, 2.05) is 0 Å². The van der Waals surface area contributed by atoms with Gasteiger partial charge in [-0.3, -0.25) is 9.36 Å². The third-order valence-electron chi connectivity index (χ3n) is 1.23. The van der Waals surface area contributed by atoms with Crippen molar-refractivity contribution in [2.45, 2.75) is 13.5 Å². The second-order valence-electron chi connectivity index (χ2n) is 1.87. The number of hydrogen-bond acceptors (Lipinski definition) is 3. The second-order valence-corrected chi connectivity index (χ2v) is 2.62. The fraction of sp³-hybridized carbons (Fsp3) is 0.400. The van der Waals surface area contributed by atoms with E-state index in [0.29, 0.717) is 6.54 Å². The fourth-order valence-corrected chi connectivity index (χ4v) is 0.999. The number of nitrogens with one attached hydrogen (secondary N) is 1. The van der Waals surface area contributed by atoms with E-state index in [0.717, 1.165) is 4.57 Å². The second kappa shape index (κ2) is 4.96. The van der Waals surface area contributed by atoms with Crippen LogP contribution in [-0.2, 0) is 6.54 Å². The summed E-state index contributed by atoms with van der Waals surface area (Å²) >= 11 is 2.91. The summed E-state index contributed by atoms with van der Waals surface area (Å²) in [5, 5.41) is 5.60. The van der Waals surface area contributed by atoms with Gasteiger partial charge in [-0.25, -0.2) is 9.89 Å². The zero-order valence-electron chi connectivity index (χ0n) is 7.80. The van der Waals surface area contributed by atoms with Crippen molar-refractivity contribution in [2.75, 3.05) is 0 Å². The minimum atomic E-state index is -0.485. The summed E-state index contributed by atoms with van der Waals surface area (Å²) in [5.41, 5.74) is -0.892. The molecule has 5 nitrogen and oxygen atoms in total. The van der Waals surface area contributed by atoms with Crippen molar-refractivity contribution in [1.29, 1.82) is 0 Å². The van der Waals surface area contributed by atoms with Crippen molar-refractivity contribution in [3.63, 3.8) is 0 Å². The van der Waals surface area contributed by atoms with Gasteiger partial charge in [0, 0.05) is 6.54 Å². The Kier molecular flexibility index (Phi) is 5.00. The predicted molar refractivity (Wildman–Crippen MR) is 43.6 cm³/mol. The van der Waals surface area contributed by atoms with Gasteiger partial charge in [0.1, 0.15) is 0 Å². The molecule has 0 aliphatic heterocycles. The van der Waals surface area contributed by atoms with Crippen LogP contribution in [0.1, 0.15) is 8.35 Å². The molecule has 12 heavy (non-hydrogen) atoms. The first-order chi connectivity index (χ1) is 5.16. The number of H-pyrrole nitrogens is 1. The summed E-state index contributed by atoms with van der Waals surface area (Å²) in [6, 6.07) is 0. The number of hydrogen-bond donors (Lipinski definition) is 1. The van der Waals surface area contributed by atoms with Crippen LogP contribution in [0.15, 0.2) is 14.2 Å². The summed E-state index contributed by atoms with van der Waals surface area (Å²) in [6.45, 7) is 2.05. The van der Waals surface area contributed by atoms with Gasteiger partial charge >= 0.3 is 35.2 Å². The van der Waals surface area contributed by atoms with Crippen LogP contribution in [-0.4, -0.2) is 14.8 Å². The Balaban J connectivity index is 0. The Morgan fingerprint density at radius 1 is 1.67 bits per heavy atom. The first kappa shape index (κ1) is 12.1. The smallest absolute Gasteiger partial charge is 1.00 e. The molecule has 0 aliphatic carbocycles. The molecule has 0 bridgehead atoms. The van der Waals surface area contributed by atoms with Gasteiger partial charge in [0.05, 0.1) is 0 Å². The Morgan fingerprint density at radius 3 is 2.67 bits per heavy atom. The summed E-state index contributed by atoms with van der Waals surface area (Å²) in [7, 11) is 0. The average Bonchev–Trinajstić information content (AvgIpc) is 1.99. The van der Waals surface area contributed by atoms with Gasteiger partial charge in [-0.1, -0.05) is 0 Å². The van der Waals surface area contributed by atoms with Gasteiger partial charge in [-0.05, 0) is 22.9 Å². The topological polar surface area (TPSA) is 67.8 Å². The fourth-order valence-electron chi connectivity index (χ4n) is 0.696. The van der Waals surface area contributed by atoms with E-state index in [1.54, 1.807) is 6.92 Å². The molecule has 1 heterocycles. The van der Waals surface area contributed by atoms with E-state index in [4.69, 9.17) is 0 Å². The normalized spacial score (nSPS) is 9.17. The van der Waals surface area contributed by atoms with Crippen LogP contribution in [0.3, 0.4) is 0 Å². The van der Waals surface area contributed by atoms with Crippen LogP contribution in [0.4, 0.5) is 0 Å². The van der Waals surface area contributed by atoms with Gasteiger partial charge in [-0.15, -0.1) is 0 Å². The molecule has 62 valence electrons. The number of halogens is 1. The van der Waals surface area contributed by atoms with E-state index in [2.05, 4.69) is 26.1 Å². The molecule has 0 unspecified atom stereocenters. The van der Waals surface area contributed by atoms with Gasteiger partial charge < -0.3 is 1.43 Å². The predicted octanol–water partition coefficient (Wildman–Crippen LogP) is -3.17. The summed E-state index contributed by atoms with van der Waals surface area (Å²) < 4.78 is 1.18. The Hall–Kier alpha value is 0.0900. The van der Waals surface area contributed by atoms with Crippen LogP contribution in [0, 0.1) is 0 Å². The van der Waals surface area contributed by atoms with Crippen LogP contribution < -0.4 is 40.8 Å². The van der Waals surface area contributed by atoms with Crippen molar-refractivity contribution < 1.29 is 31.0 Å². The molecular weight excluding hydrogens is 237 g/mol. The molecule has 1 aromatic heterocycles. The molecule has 0 aromatic carbocycles. The summed E-state index contributed by atoms with van der Waals surface area (Å²) in [6.07, 6.45) is 0. The molecule has 1 aromatic rings. The Labute approximate surface area is 100 Å². The number of aromatic amines is 1. The van der Waals surface area contributed by atoms with Crippen molar-refractivity contribution >= 4 is 15.9 Å². The van der Waals surface area contributed by atoms with Gasteiger partial charge in [-0.2, -0.15) is 5.10 Å². The molecule has 1 rings (SSSR count). The summed E-state index contributed by atoms with van der Waals surface area (Å²) in [5.74, 6) is 0. The minimum absolute atomic E-state index is 0. The maximum atomic E-state index is 11.1. The summed E-state index contributed by atoms with van der Waals surface area (Å²) in [4.78, 5) is 21.9. The van der Waals surface area contributed by atoms with E-state index >= 15 is 0 Å². The minimum Gasteiger partial charge on any atom is -1.00 e. The van der Waals surface area contributed by atoms with Gasteiger partial charge in [0.25, 0.3) is 5.56 Å². The molecule has 0 aliphatic rings. The van der Waals surface area contributed by atoms with Crippen LogP contribution in [0.5, 0.6) is 0 Å². The maximum absolute atomic E-state index is 11.1. The van der Waals surface area contributed by atoms with Crippen LogP contribution in [0.2, 0.25) is 0 Å². The molecule has 7 heteroatoms. The van der Waals surface area contributed by atoms with Crippen molar-refractivity contribution in [3.05, 3.63) is 25.4 Å². The zero-order chi connectivity index (χ0) is 8.43. The number of nitrogens with zero attached hydrogens (tertiary/aromatic N) is 2. The third kappa shape index (κ3) is 2.29. The van der Waals surface area contributed by atoms with E-state index in [-0.39, 0.29) is 35.6 Å². The van der Waals surface area contributed by atoms with Crippen LogP contribution >= 0.6 is 15.9 Å². The molecule has 0 saturated heterocycles. The molecular formula is C5H7BrN3NaO2. The van der Waals surface area contributed by atoms with E-state index in [1.165, 1.54) is 0 Å². The first-order valence-electron chi connectivity index (χ1n) is 3.01. The Morgan fingerprint density at radius 2 is 2.25 bits per heavy atom. The van der Waals surface area contributed by atoms with E-state index < -0.39 is 11.2 Å². The number of rotatable bonds is 1. The SMILES string of the molecule is CCn1c(=O)[nH]nc(Br)c1=O.[H-].[Na+]. The van der Waals surface area contributed by atoms with Crippen LogP contribution in [0.25, 0.3) is 0 Å². The average molecular weight is 244 g/mol. The van der Waals surface area contributed by atoms with Crippen molar-refractivity contribution in [1.82, 2.24) is 14.8 Å². The molecule has 1 N–H and O–H groups in total. The Bertz CT molecular complexity index is 377. The standard InChI is InChI=1S/C5H6BrN3O2.Na.H/c1-2-9-4(10)3(6)7-8-5(9)11;;/h2H2,1H3,(H,8,11);;/q;+1;-1. The zero-order valence-corrected chi connectivity index (χ0v) is 10.4. The van der Waals surface area contributed by atoms with Crippen molar-refractivity contribution in [3.8, 4) is 0 Å². The maximum Gasteiger partial charge on any atom is 1.00 e. The largest absolute Gasteiger partial charge is 1.00 e. The third-order valence-corrected chi connectivity index (χ3v) is 1.75.